The Hall–Kier alpha value is -1.37. The van der Waals surface area contributed by atoms with E-state index in [0.29, 0.717) is 0 Å². The highest BCUT2D eigenvalue weighted by molar-refractivity contribution is 7.46. The Kier molecular flexibility index (Phi) is 5.97. The molecule has 1 saturated heterocycles. The van der Waals surface area contributed by atoms with Crippen LogP contribution in [-0.2, 0) is 18.6 Å². The lowest BCUT2D eigenvalue weighted by molar-refractivity contribution is -0.121. The number of H-pyrrole nitrogens is 1. The average Bonchev–Trinajstić information content (AvgIpc) is 2.77. The second kappa shape index (κ2) is 7.48. The lowest BCUT2D eigenvalue weighted by atomic mass is 9.90. The van der Waals surface area contributed by atoms with Crippen LogP contribution in [0.1, 0.15) is 12.6 Å². The zero-order valence-electron chi connectivity index (χ0n) is 13.1. The van der Waals surface area contributed by atoms with Crippen LogP contribution in [0, 0.1) is 0 Å². The summed E-state index contributed by atoms with van der Waals surface area (Å²) in [7, 11) is -3.72. The fraction of sp³-hybridized carbons (Fsp3) is 0.667. The van der Waals surface area contributed by atoms with Gasteiger partial charge in [-0.15, -0.1) is 0 Å². The molecule has 1 aliphatic rings. The molecule has 5 N–H and O–H groups in total. The van der Waals surface area contributed by atoms with Gasteiger partial charge in [-0.25, -0.2) is 9.36 Å². The van der Waals surface area contributed by atoms with Crippen molar-refractivity contribution in [1.82, 2.24) is 9.55 Å². The summed E-state index contributed by atoms with van der Waals surface area (Å²) in [5, 5.41) is 20.4. The predicted octanol–water partition coefficient (Wildman–Crippen LogP) is -2.33. The lowest BCUT2D eigenvalue weighted by Gasteiger charge is -2.33. The Morgan fingerprint density at radius 2 is 2.12 bits per heavy atom. The van der Waals surface area contributed by atoms with E-state index in [2.05, 4.69) is 4.52 Å². The number of nitrogens with one attached hydrogen (secondary N) is 1. The number of aliphatic hydroxyl groups is 2. The zero-order valence-corrected chi connectivity index (χ0v) is 14.0. The third kappa shape index (κ3) is 4.25. The molecule has 0 radical (unpaired) electrons. The number of ether oxygens (including phenoxy) is 2. The van der Waals surface area contributed by atoms with E-state index < -0.39 is 49.7 Å². The number of hydrogen-bond donors (Lipinski definition) is 5. The summed E-state index contributed by atoms with van der Waals surface area (Å²) in [6.45, 7) is -0.803. The van der Waals surface area contributed by atoms with Gasteiger partial charge in [0.2, 0.25) is 0 Å². The SMILES string of the molecule is COCC[C@@]1(O)[C@H](OP(=O)(O)O)[C@@H](CO)O[C@H]1n1ccc(=O)[nH]c1=O. The van der Waals surface area contributed by atoms with Gasteiger partial charge in [0.05, 0.1) is 6.61 Å². The smallest absolute Gasteiger partial charge is 0.394 e. The number of aromatic nitrogens is 2. The van der Waals surface area contributed by atoms with Crippen molar-refractivity contribution in [2.75, 3.05) is 20.3 Å². The van der Waals surface area contributed by atoms with Gasteiger partial charge in [0.15, 0.2) is 6.23 Å². The molecule has 1 aromatic heterocycles. The van der Waals surface area contributed by atoms with Gasteiger partial charge < -0.3 is 29.5 Å². The Labute approximate surface area is 140 Å². The van der Waals surface area contributed by atoms with Crippen molar-refractivity contribution in [1.29, 1.82) is 0 Å². The highest BCUT2D eigenvalue weighted by atomic mass is 31.2. The number of nitrogens with zero attached hydrogens (tertiary/aromatic N) is 1. The molecule has 0 spiro atoms. The molecule has 1 fully saturated rings. The van der Waals surface area contributed by atoms with E-state index in [-0.39, 0.29) is 13.0 Å². The summed E-state index contributed by atoms with van der Waals surface area (Å²) < 4.78 is 27.0. The van der Waals surface area contributed by atoms with Crippen molar-refractivity contribution in [3.63, 3.8) is 0 Å². The van der Waals surface area contributed by atoms with Gasteiger partial charge in [-0.2, -0.15) is 0 Å². The Morgan fingerprint density at radius 3 is 2.64 bits per heavy atom. The van der Waals surface area contributed by atoms with Gasteiger partial charge in [0, 0.05) is 32.4 Å². The quantitative estimate of drug-likeness (QED) is 0.321. The zero-order chi connectivity index (χ0) is 18.8. The fourth-order valence-electron chi connectivity index (χ4n) is 2.71. The highest BCUT2D eigenvalue weighted by Gasteiger charge is 2.59. The van der Waals surface area contributed by atoms with Crippen molar-refractivity contribution in [3.8, 4) is 0 Å². The molecule has 0 bridgehead atoms. The normalized spacial score (nSPS) is 29.9. The maximum atomic E-state index is 12.0. The maximum absolute atomic E-state index is 12.0. The van der Waals surface area contributed by atoms with Crippen LogP contribution >= 0.6 is 7.82 Å². The van der Waals surface area contributed by atoms with Crippen LogP contribution in [0.5, 0.6) is 0 Å². The lowest BCUT2D eigenvalue weighted by Crippen LogP contribution is -2.50. The summed E-state index contributed by atoms with van der Waals surface area (Å²) >= 11 is 0. The number of phosphoric ester groups is 1. The van der Waals surface area contributed by atoms with E-state index in [1.807, 2.05) is 4.98 Å². The number of methoxy groups -OCH3 is 1. The predicted molar refractivity (Wildman–Crippen MR) is 80.7 cm³/mol. The molecule has 1 aromatic rings. The summed E-state index contributed by atoms with van der Waals surface area (Å²) in [4.78, 5) is 43.4. The standard InChI is InChI=1S/C12H19N2O10P/c1-22-5-3-12(18)9(24-25(19,20)21)7(6-15)23-10(12)14-4-2-8(16)13-11(14)17/h2,4,7,9-10,15,18H,3,5-6H2,1H3,(H,13,16,17)(H2,19,20,21)/t7-,9-,10-,12-/m1/s1. The molecule has 142 valence electrons. The summed E-state index contributed by atoms with van der Waals surface area (Å²) in [6, 6.07) is 1.01. The van der Waals surface area contributed by atoms with Gasteiger partial charge >= 0.3 is 13.5 Å². The first-order chi connectivity index (χ1) is 11.6. The Bertz CT molecular complexity index is 757. The van der Waals surface area contributed by atoms with E-state index in [4.69, 9.17) is 19.3 Å². The molecule has 0 aromatic carbocycles. The first-order valence-electron chi connectivity index (χ1n) is 7.15. The van der Waals surface area contributed by atoms with Crippen LogP contribution in [0.3, 0.4) is 0 Å². The summed E-state index contributed by atoms with van der Waals surface area (Å²) in [5.41, 5.74) is -3.73. The van der Waals surface area contributed by atoms with E-state index in [0.717, 1.165) is 16.8 Å². The van der Waals surface area contributed by atoms with Gasteiger partial charge in [0.1, 0.15) is 17.8 Å². The fourth-order valence-corrected chi connectivity index (χ4v) is 3.33. The molecule has 1 aliphatic heterocycles. The molecule has 12 nitrogen and oxygen atoms in total. The first-order valence-corrected chi connectivity index (χ1v) is 8.68. The number of aromatic amines is 1. The molecule has 4 atom stereocenters. The van der Waals surface area contributed by atoms with E-state index >= 15 is 0 Å². The minimum Gasteiger partial charge on any atom is -0.394 e. The van der Waals surface area contributed by atoms with E-state index in [1.165, 1.54) is 7.11 Å². The number of hydrogen-bond acceptors (Lipinski definition) is 8. The molecular weight excluding hydrogens is 363 g/mol. The van der Waals surface area contributed by atoms with Crippen LogP contribution in [0.4, 0.5) is 0 Å². The summed E-state index contributed by atoms with van der Waals surface area (Å²) in [5.74, 6) is 0. The van der Waals surface area contributed by atoms with Gasteiger partial charge in [-0.3, -0.25) is 18.9 Å². The number of phosphoric acid groups is 1. The van der Waals surface area contributed by atoms with Crippen molar-refractivity contribution in [2.24, 2.45) is 0 Å². The monoisotopic (exact) mass is 382 g/mol. The molecular formula is C12H19N2O10P. The molecule has 13 heteroatoms. The molecule has 0 saturated carbocycles. The van der Waals surface area contributed by atoms with E-state index in [9.17, 15) is 24.4 Å². The Morgan fingerprint density at radius 1 is 1.44 bits per heavy atom. The molecule has 25 heavy (non-hydrogen) atoms. The van der Waals surface area contributed by atoms with Crippen molar-refractivity contribution in [3.05, 3.63) is 33.1 Å². The van der Waals surface area contributed by atoms with Crippen molar-refractivity contribution >= 4 is 7.82 Å². The molecule has 2 heterocycles. The minimum absolute atomic E-state index is 0.0619. The van der Waals surface area contributed by atoms with Crippen molar-refractivity contribution < 1.29 is 38.6 Å². The van der Waals surface area contributed by atoms with Crippen LogP contribution < -0.4 is 11.2 Å². The third-order valence-electron chi connectivity index (χ3n) is 3.80. The molecule has 0 amide bonds. The number of rotatable bonds is 7. The average molecular weight is 382 g/mol. The van der Waals surface area contributed by atoms with Gasteiger partial charge in [-0.1, -0.05) is 0 Å². The number of aliphatic hydroxyl groups excluding tert-OH is 1. The van der Waals surface area contributed by atoms with Gasteiger partial charge in [-0.05, 0) is 0 Å². The van der Waals surface area contributed by atoms with Crippen LogP contribution in [-0.4, -0.2) is 67.7 Å². The van der Waals surface area contributed by atoms with Crippen molar-refractivity contribution in [2.45, 2.75) is 30.5 Å². The van der Waals surface area contributed by atoms with Crippen LogP contribution in [0.2, 0.25) is 0 Å². The van der Waals surface area contributed by atoms with E-state index in [1.54, 1.807) is 0 Å². The Balaban J connectivity index is 2.51. The van der Waals surface area contributed by atoms with Crippen LogP contribution in [0.15, 0.2) is 21.9 Å². The highest BCUT2D eigenvalue weighted by Crippen LogP contribution is 2.49. The maximum Gasteiger partial charge on any atom is 0.470 e. The second-order valence-electron chi connectivity index (χ2n) is 5.48. The van der Waals surface area contributed by atoms with Crippen LogP contribution in [0.25, 0.3) is 0 Å². The molecule has 0 aliphatic carbocycles. The first kappa shape index (κ1) is 19.9. The third-order valence-corrected chi connectivity index (χ3v) is 4.30. The molecule has 0 unspecified atom stereocenters. The minimum atomic E-state index is -5.05. The topological polar surface area (TPSA) is 181 Å². The van der Waals surface area contributed by atoms with Gasteiger partial charge in [0.25, 0.3) is 5.56 Å². The second-order valence-corrected chi connectivity index (χ2v) is 6.67. The largest absolute Gasteiger partial charge is 0.470 e. The summed E-state index contributed by atoms with van der Waals surface area (Å²) in [6.07, 6.45) is -3.66. The molecule has 2 rings (SSSR count).